The molecule has 1 aromatic heterocycles. The Hall–Kier alpha value is -0.970. The van der Waals surface area contributed by atoms with E-state index < -0.39 is 0 Å². The normalized spacial score (nSPS) is 26.3. The van der Waals surface area contributed by atoms with Crippen molar-refractivity contribution in [1.82, 2.24) is 14.8 Å². The Morgan fingerprint density at radius 1 is 1.37 bits per heavy atom. The molecule has 4 nitrogen and oxygen atoms in total. The molecule has 0 amide bonds. The molecule has 2 rings (SSSR count). The van der Waals surface area contributed by atoms with Crippen molar-refractivity contribution in [3.8, 4) is 0 Å². The lowest BCUT2D eigenvalue weighted by atomic mass is 10.1. The Morgan fingerprint density at radius 3 is 2.79 bits per heavy atom. The van der Waals surface area contributed by atoms with E-state index in [2.05, 4.69) is 40.9 Å². The molecule has 19 heavy (non-hydrogen) atoms. The van der Waals surface area contributed by atoms with Crippen LogP contribution in [0.3, 0.4) is 0 Å². The van der Waals surface area contributed by atoms with Gasteiger partial charge in [-0.1, -0.05) is 0 Å². The number of pyridine rings is 1. The molecule has 2 unspecified atom stereocenters. The fourth-order valence-electron chi connectivity index (χ4n) is 2.79. The second kappa shape index (κ2) is 6.98. The van der Waals surface area contributed by atoms with E-state index in [4.69, 9.17) is 5.73 Å². The molecule has 2 heterocycles. The van der Waals surface area contributed by atoms with Crippen LogP contribution in [0.2, 0.25) is 0 Å². The number of hydrogen-bond donors (Lipinski definition) is 1. The maximum absolute atomic E-state index is 5.75. The lowest BCUT2D eigenvalue weighted by molar-refractivity contribution is 0.169. The van der Waals surface area contributed by atoms with Gasteiger partial charge in [0, 0.05) is 37.6 Å². The van der Waals surface area contributed by atoms with Gasteiger partial charge in [-0.05, 0) is 57.6 Å². The second-order valence-corrected chi connectivity index (χ2v) is 5.63. The van der Waals surface area contributed by atoms with Gasteiger partial charge in [-0.25, -0.2) is 0 Å². The highest BCUT2D eigenvalue weighted by Gasteiger charge is 2.25. The molecular weight excluding hydrogens is 236 g/mol. The summed E-state index contributed by atoms with van der Waals surface area (Å²) in [5.41, 5.74) is 7.10. The molecule has 0 radical (unpaired) electrons. The fraction of sp³-hybridized carbons (Fsp3) is 0.667. The quantitative estimate of drug-likeness (QED) is 0.889. The van der Waals surface area contributed by atoms with Crippen molar-refractivity contribution in [3.05, 3.63) is 30.1 Å². The third kappa shape index (κ3) is 4.00. The van der Waals surface area contributed by atoms with Crippen molar-refractivity contribution in [1.29, 1.82) is 0 Å². The molecule has 1 aliphatic heterocycles. The summed E-state index contributed by atoms with van der Waals surface area (Å²) in [4.78, 5) is 9.14. The highest BCUT2D eigenvalue weighted by molar-refractivity contribution is 5.09. The first-order chi connectivity index (χ1) is 9.20. The molecule has 0 spiro atoms. The summed E-state index contributed by atoms with van der Waals surface area (Å²) in [5.74, 6) is 0. The summed E-state index contributed by atoms with van der Waals surface area (Å²) in [5, 5.41) is 0. The number of aromatic nitrogens is 1. The zero-order valence-corrected chi connectivity index (χ0v) is 12.1. The van der Waals surface area contributed by atoms with Crippen LogP contribution in [0.25, 0.3) is 0 Å². The number of hydrogen-bond acceptors (Lipinski definition) is 4. The minimum atomic E-state index is 0.580. The van der Waals surface area contributed by atoms with Gasteiger partial charge in [0.1, 0.15) is 0 Å². The first-order valence-corrected chi connectivity index (χ1v) is 7.24. The minimum Gasteiger partial charge on any atom is -0.330 e. The average molecular weight is 262 g/mol. The van der Waals surface area contributed by atoms with Crippen LogP contribution in [0.5, 0.6) is 0 Å². The zero-order valence-electron chi connectivity index (χ0n) is 12.1. The third-order valence-corrected chi connectivity index (χ3v) is 4.23. The van der Waals surface area contributed by atoms with Gasteiger partial charge in [0.25, 0.3) is 0 Å². The molecule has 1 aliphatic rings. The van der Waals surface area contributed by atoms with Crippen molar-refractivity contribution in [2.75, 3.05) is 26.7 Å². The van der Waals surface area contributed by atoms with Crippen LogP contribution in [0.4, 0.5) is 0 Å². The van der Waals surface area contributed by atoms with Crippen LogP contribution in [0.1, 0.15) is 25.3 Å². The number of nitrogens with two attached hydrogens (primary N) is 1. The SMILES string of the molecule is CC1CCN(C)C(CCN)CN1Cc1ccncc1. The van der Waals surface area contributed by atoms with Crippen LogP contribution < -0.4 is 5.73 Å². The Bertz CT molecular complexity index is 368. The van der Waals surface area contributed by atoms with Gasteiger partial charge in [0.05, 0.1) is 0 Å². The van der Waals surface area contributed by atoms with Crippen LogP contribution in [-0.2, 0) is 6.54 Å². The van der Waals surface area contributed by atoms with Crippen molar-refractivity contribution in [3.63, 3.8) is 0 Å². The van der Waals surface area contributed by atoms with Crippen LogP contribution in [0, 0.1) is 0 Å². The topological polar surface area (TPSA) is 45.4 Å². The first kappa shape index (κ1) is 14.4. The molecule has 0 saturated carbocycles. The van der Waals surface area contributed by atoms with Gasteiger partial charge >= 0.3 is 0 Å². The smallest absolute Gasteiger partial charge is 0.0271 e. The van der Waals surface area contributed by atoms with E-state index >= 15 is 0 Å². The molecule has 2 N–H and O–H groups in total. The minimum absolute atomic E-state index is 0.580. The molecule has 0 aromatic carbocycles. The second-order valence-electron chi connectivity index (χ2n) is 5.63. The molecule has 1 saturated heterocycles. The zero-order chi connectivity index (χ0) is 13.7. The van der Waals surface area contributed by atoms with Gasteiger partial charge in [-0.15, -0.1) is 0 Å². The summed E-state index contributed by atoms with van der Waals surface area (Å²) >= 11 is 0. The predicted octanol–water partition coefficient (Wildman–Crippen LogP) is 1.33. The molecule has 2 atom stereocenters. The number of nitrogens with zero attached hydrogens (tertiary/aromatic N) is 3. The van der Waals surface area contributed by atoms with Crippen LogP contribution in [-0.4, -0.2) is 53.5 Å². The molecule has 1 fully saturated rings. The summed E-state index contributed by atoms with van der Waals surface area (Å²) in [6.45, 7) is 6.39. The highest BCUT2D eigenvalue weighted by atomic mass is 15.2. The average Bonchev–Trinajstić information content (AvgIpc) is 2.55. The maximum atomic E-state index is 5.75. The van der Waals surface area contributed by atoms with E-state index in [-0.39, 0.29) is 0 Å². The largest absolute Gasteiger partial charge is 0.330 e. The Kier molecular flexibility index (Phi) is 5.31. The summed E-state index contributed by atoms with van der Waals surface area (Å²) in [6, 6.07) is 5.42. The van der Waals surface area contributed by atoms with Crippen molar-refractivity contribution in [2.45, 2.75) is 38.4 Å². The monoisotopic (exact) mass is 262 g/mol. The molecular formula is C15H26N4. The van der Waals surface area contributed by atoms with Crippen LogP contribution >= 0.6 is 0 Å². The molecule has 0 bridgehead atoms. The Labute approximate surface area is 116 Å². The molecule has 106 valence electrons. The lowest BCUT2D eigenvalue weighted by Crippen LogP contribution is -2.41. The van der Waals surface area contributed by atoms with E-state index in [1.165, 1.54) is 18.5 Å². The van der Waals surface area contributed by atoms with E-state index in [0.717, 1.165) is 26.1 Å². The Morgan fingerprint density at radius 2 is 2.11 bits per heavy atom. The first-order valence-electron chi connectivity index (χ1n) is 7.24. The molecule has 0 aliphatic carbocycles. The number of rotatable bonds is 4. The van der Waals surface area contributed by atoms with E-state index in [1.807, 2.05) is 12.4 Å². The van der Waals surface area contributed by atoms with Gasteiger partial charge in [-0.3, -0.25) is 9.88 Å². The highest BCUT2D eigenvalue weighted by Crippen LogP contribution is 2.18. The van der Waals surface area contributed by atoms with E-state index in [1.54, 1.807) is 0 Å². The van der Waals surface area contributed by atoms with Gasteiger partial charge in [-0.2, -0.15) is 0 Å². The summed E-state index contributed by atoms with van der Waals surface area (Å²) < 4.78 is 0. The lowest BCUT2D eigenvalue weighted by Gasteiger charge is -2.31. The third-order valence-electron chi connectivity index (χ3n) is 4.23. The van der Waals surface area contributed by atoms with Gasteiger partial charge in [0.2, 0.25) is 0 Å². The fourth-order valence-corrected chi connectivity index (χ4v) is 2.79. The van der Waals surface area contributed by atoms with Crippen molar-refractivity contribution in [2.24, 2.45) is 5.73 Å². The van der Waals surface area contributed by atoms with Crippen LogP contribution in [0.15, 0.2) is 24.5 Å². The Balaban J connectivity index is 2.04. The summed E-state index contributed by atoms with van der Waals surface area (Å²) in [7, 11) is 2.23. The van der Waals surface area contributed by atoms with Gasteiger partial charge < -0.3 is 10.6 Å². The molecule has 4 heteroatoms. The van der Waals surface area contributed by atoms with Crippen molar-refractivity contribution >= 4 is 0 Å². The summed E-state index contributed by atoms with van der Waals surface area (Å²) in [6.07, 6.45) is 6.06. The van der Waals surface area contributed by atoms with Crippen molar-refractivity contribution < 1.29 is 0 Å². The maximum Gasteiger partial charge on any atom is 0.0271 e. The van der Waals surface area contributed by atoms with E-state index in [0.29, 0.717) is 12.1 Å². The standard InChI is InChI=1S/C15H26N4/c1-13-6-10-18(2)15(3-7-16)12-19(13)11-14-4-8-17-9-5-14/h4-5,8-9,13,15H,3,6-7,10-12,16H2,1-2H3. The predicted molar refractivity (Wildman–Crippen MR) is 78.8 cm³/mol. The number of likely N-dealkylation sites (N-methyl/N-ethyl adjacent to an activating group) is 1. The van der Waals surface area contributed by atoms with Gasteiger partial charge in [0.15, 0.2) is 0 Å². The molecule has 1 aromatic rings. The van der Waals surface area contributed by atoms with E-state index in [9.17, 15) is 0 Å².